The number of hydrogen-bond donors (Lipinski definition) is 0. The van der Waals surface area contributed by atoms with Gasteiger partial charge < -0.3 is 47.2 Å². The molecule has 0 aliphatic carbocycles. The van der Waals surface area contributed by atoms with Gasteiger partial charge in [0.2, 0.25) is 10.4 Å². The number of ether oxygens (including phenoxy) is 9. The van der Waals surface area contributed by atoms with Gasteiger partial charge in [-0.05, 0) is 6.42 Å². The topological polar surface area (TPSA) is 150 Å². The van der Waals surface area contributed by atoms with Crippen LogP contribution in [0, 0.1) is 0 Å². The zero-order valence-corrected chi connectivity index (χ0v) is 31.0. The maximum absolute atomic E-state index is 10.2. The Labute approximate surface area is 295 Å². The van der Waals surface area contributed by atoms with Gasteiger partial charge in [0.05, 0.1) is 119 Å². The van der Waals surface area contributed by atoms with E-state index in [1.807, 2.05) is 0 Å². The summed E-state index contributed by atoms with van der Waals surface area (Å²) in [5.41, 5.74) is 0. The first kappa shape index (κ1) is 47.6. The van der Waals surface area contributed by atoms with Crippen LogP contribution >= 0.6 is 0 Å². The molecule has 0 amide bonds. The van der Waals surface area contributed by atoms with Crippen LogP contribution in [0.2, 0.25) is 0 Å². The fourth-order valence-electron chi connectivity index (χ4n) is 3.75. The summed E-state index contributed by atoms with van der Waals surface area (Å²) in [5.74, 6) is 0. The van der Waals surface area contributed by atoms with Crippen molar-refractivity contribution in [3.63, 3.8) is 0 Å². The SMILES string of the molecule is CCCCCCCCCCCCOCCOCCOCCOCCOCCOCCOCCOCCOCCOS(=O)(=O)[O-].[Na+]. The van der Waals surface area contributed by atoms with E-state index in [-0.39, 0.29) is 49.4 Å². The summed E-state index contributed by atoms with van der Waals surface area (Å²) in [7, 11) is -4.67. The van der Waals surface area contributed by atoms with E-state index in [4.69, 9.17) is 42.6 Å². The summed E-state index contributed by atoms with van der Waals surface area (Å²) in [6.07, 6.45) is 13.3. The molecule has 0 aliphatic rings. The molecule has 0 N–H and O–H groups in total. The zero-order chi connectivity index (χ0) is 32.1. The van der Waals surface area contributed by atoms with Gasteiger partial charge in [0, 0.05) is 6.61 Å². The molecule has 0 saturated heterocycles. The summed E-state index contributed by atoms with van der Waals surface area (Å²) in [6.45, 7) is 10.4. The Bertz CT molecular complexity index is 647. The van der Waals surface area contributed by atoms with Gasteiger partial charge in [-0.1, -0.05) is 64.7 Å². The van der Waals surface area contributed by atoms with E-state index in [0.29, 0.717) is 99.1 Å². The Kier molecular flexibility index (Phi) is 43.1. The third-order valence-corrected chi connectivity index (χ3v) is 6.53. The molecule has 15 heteroatoms. The predicted octanol–water partition coefficient (Wildman–Crippen LogP) is 0.538. The van der Waals surface area contributed by atoms with Crippen LogP contribution in [-0.4, -0.2) is 139 Å². The summed E-state index contributed by atoms with van der Waals surface area (Å²) >= 11 is 0. The maximum atomic E-state index is 10.2. The van der Waals surface area contributed by atoms with Gasteiger partial charge in [0.1, 0.15) is 0 Å². The molecule has 0 heterocycles. The van der Waals surface area contributed by atoms with Crippen molar-refractivity contribution in [2.45, 2.75) is 71.1 Å². The molecular weight excluding hydrogens is 623 g/mol. The number of rotatable bonds is 39. The standard InChI is InChI=1S/C30H62O13S.Na/c1-2-3-4-5-6-7-8-9-10-11-12-34-13-14-35-15-16-36-17-18-37-19-20-38-21-22-39-23-24-40-25-26-41-27-28-42-29-30-43-44(31,32)33;/h2-30H2,1H3,(H,31,32,33);/q;+1/p-1. The van der Waals surface area contributed by atoms with E-state index in [1.165, 1.54) is 57.8 Å². The Morgan fingerprint density at radius 2 is 0.578 bits per heavy atom. The summed E-state index contributed by atoms with van der Waals surface area (Å²) in [5, 5.41) is 0. The van der Waals surface area contributed by atoms with Crippen molar-refractivity contribution in [2.24, 2.45) is 0 Å². The Hall–Kier alpha value is 0.510. The van der Waals surface area contributed by atoms with Gasteiger partial charge in [-0.15, -0.1) is 0 Å². The second-order valence-corrected chi connectivity index (χ2v) is 11.0. The van der Waals surface area contributed by atoms with Crippen LogP contribution in [-0.2, 0) is 57.2 Å². The van der Waals surface area contributed by atoms with Crippen LogP contribution in [0.4, 0.5) is 0 Å². The molecule has 0 saturated carbocycles. The van der Waals surface area contributed by atoms with Crippen molar-refractivity contribution in [1.82, 2.24) is 0 Å². The van der Waals surface area contributed by atoms with Crippen LogP contribution in [0.3, 0.4) is 0 Å². The largest absolute Gasteiger partial charge is 1.00 e. The molecule has 0 aliphatic heterocycles. The Balaban J connectivity index is 0. The summed E-state index contributed by atoms with van der Waals surface area (Å²) in [4.78, 5) is 0. The van der Waals surface area contributed by atoms with Crippen molar-refractivity contribution >= 4 is 10.4 Å². The van der Waals surface area contributed by atoms with Crippen molar-refractivity contribution in [3.8, 4) is 0 Å². The van der Waals surface area contributed by atoms with E-state index in [2.05, 4.69) is 11.1 Å². The summed E-state index contributed by atoms with van der Waals surface area (Å²) in [6, 6.07) is 0. The first-order valence-corrected chi connectivity index (χ1v) is 17.7. The molecule has 0 spiro atoms. The van der Waals surface area contributed by atoms with Crippen LogP contribution in [0.1, 0.15) is 71.1 Å². The minimum absolute atomic E-state index is 0. The first-order chi connectivity index (χ1) is 21.6. The molecule has 45 heavy (non-hydrogen) atoms. The van der Waals surface area contributed by atoms with E-state index in [0.717, 1.165) is 13.0 Å². The van der Waals surface area contributed by atoms with E-state index >= 15 is 0 Å². The average molecular weight is 685 g/mol. The Morgan fingerprint density at radius 1 is 0.356 bits per heavy atom. The molecule has 266 valence electrons. The van der Waals surface area contributed by atoms with Gasteiger partial charge in [0.15, 0.2) is 0 Å². The number of unbranched alkanes of at least 4 members (excludes halogenated alkanes) is 9. The third kappa shape index (κ3) is 46.7. The minimum atomic E-state index is -4.67. The van der Waals surface area contributed by atoms with Crippen LogP contribution in [0.25, 0.3) is 0 Å². The second-order valence-electron chi connectivity index (χ2n) is 9.92. The fourth-order valence-corrected chi connectivity index (χ4v) is 4.02. The molecule has 13 nitrogen and oxygen atoms in total. The molecule has 0 unspecified atom stereocenters. The van der Waals surface area contributed by atoms with Gasteiger partial charge in [0.25, 0.3) is 0 Å². The molecule has 0 rings (SSSR count). The van der Waals surface area contributed by atoms with Crippen molar-refractivity contribution in [2.75, 3.05) is 126 Å². The zero-order valence-electron chi connectivity index (χ0n) is 28.2. The fraction of sp³-hybridized carbons (Fsp3) is 1.00. The van der Waals surface area contributed by atoms with E-state index in [9.17, 15) is 13.0 Å². The van der Waals surface area contributed by atoms with Crippen molar-refractivity contribution in [3.05, 3.63) is 0 Å². The Morgan fingerprint density at radius 3 is 0.844 bits per heavy atom. The molecule has 0 radical (unpaired) electrons. The molecule has 0 atom stereocenters. The van der Waals surface area contributed by atoms with Crippen molar-refractivity contribution in [1.29, 1.82) is 0 Å². The number of hydrogen-bond acceptors (Lipinski definition) is 13. The second kappa shape index (κ2) is 40.7. The van der Waals surface area contributed by atoms with E-state index in [1.54, 1.807) is 0 Å². The molecule has 0 aromatic rings. The normalized spacial score (nSPS) is 11.7. The van der Waals surface area contributed by atoms with Crippen LogP contribution in [0.5, 0.6) is 0 Å². The van der Waals surface area contributed by atoms with Crippen molar-refractivity contribution < 1.29 is 89.3 Å². The minimum Gasteiger partial charge on any atom is -0.726 e. The van der Waals surface area contributed by atoms with Gasteiger partial charge in [-0.25, -0.2) is 8.42 Å². The average Bonchev–Trinajstić information content (AvgIpc) is 3.00. The van der Waals surface area contributed by atoms with Gasteiger partial charge >= 0.3 is 29.6 Å². The van der Waals surface area contributed by atoms with Gasteiger partial charge in [-0.2, -0.15) is 0 Å². The molecule has 0 aromatic carbocycles. The first-order valence-electron chi connectivity index (χ1n) is 16.4. The molecule has 0 bridgehead atoms. The quantitative estimate of drug-likeness (QED) is 0.0384. The van der Waals surface area contributed by atoms with Gasteiger partial charge in [-0.3, -0.25) is 4.18 Å². The van der Waals surface area contributed by atoms with E-state index < -0.39 is 10.4 Å². The third-order valence-electron chi connectivity index (χ3n) is 6.07. The smallest absolute Gasteiger partial charge is 0.726 e. The van der Waals surface area contributed by atoms with Crippen LogP contribution in [0.15, 0.2) is 0 Å². The predicted molar refractivity (Wildman–Crippen MR) is 165 cm³/mol. The summed E-state index contributed by atoms with van der Waals surface area (Å²) < 4.78 is 83.4. The molecule has 0 fully saturated rings. The molecule has 0 aromatic heterocycles. The monoisotopic (exact) mass is 684 g/mol. The maximum Gasteiger partial charge on any atom is 1.00 e. The van der Waals surface area contributed by atoms with Crippen LogP contribution < -0.4 is 29.6 Å². The molecular formula is C30H61NaO13S.